The average molecular weight is 282 g/mol. The summed E-state index contributed by atoms with van der Waals surface area (Å²) in [5.41, 5.74) is 3.86. The first kappa shape index (κ1) is 15.7. The third-order valence-corrected chi connectivity index (χ3v) is 4.14. The van der Waals surface area contributed by atoms with Crippen LogP contribution in [0.2, 0.25) is 0 Å². The van der Waals surface area contributed by atoms with Crippen LogP contribution < -0.4 is 0 Å². The second-order valence-corrected chi connectivity index (χ2v) is 5.66. The van der Waals surface area contributed by atoms with Crippen molar-refractivity contribution in [1.29, 1.82) is 0 Å². The van der Waals surface area contributed by atoms with Crippen LogP contribution in [-0.4, -0.2) is 29.5 Å². The zero-order valence-electron chi connectivity index (χ0n) is 13.4. The Morgan fingerprint density at radius 3 is 2.57 bits per heavy atom. The van der Waals surface area contributed by atoms with Gasteiger partial charge in [-0.15, -0.1) is 0 Å². The molecule has 2 heteroatoms. The molecule has 1 aromatic carbocycles. The fourth-order valence-electron chi connectivity index (χ4n) is 2.75. The Morgan fingerprint density at radius 2 is 1.90 bits per heavy atom. The number of rotatable bonds is 7. The van der Waals surface area contributed by atoms with Crippen LogP contribution in [-0.2, 0) is 6.42 Å². The summed E-state index contributed by atoms with van der Waals surface area (Å²) in [6, 6.07) is 13.6. The van der Waals surface area contributed by atoms with Crippen LogP contribution >= 0.6 is 0 Å². The Hall–Kier alpha value is -1.67. The van der Waals surface area contributed by atoms with E-state index in [4.69, 9.17) is 0 Å². The maximum Gasteiger partial charge on any atom is 0.0346 e. The second kappa shape index (κ2) is 7.94. The predicted octanol–water partition coefficient (Wildman–Crippen LogP) is 4.41. The molecule has 0 fully saturated rings. The fraction of sp³-hybridized carbons (Fsp3) is 0.421. The van der Waals surface area contributed by atoms with Gasteiger partial charge in [-0.1, -0.05) is 50.6 Å². The predicted molar refractivity (Wildman–Crippen MR) is 90.4 cm³/mol. The van der Waals surface area contributed by atoms with E-state index in [2.05, 4.69) is 61.1 Å². The van der Waals surface area contributed by atoms with Gasteiger partial charge in [0.25, 0.3) is 0 Å². The zero-order valence-corrected chi connectivity index (χ0v) is 13.4. The van der Waals surface area contributed by atoms with Crippen LogP contribution in [0.5, 0.6) is 0 Å². The highest BCUT2D eigenvalue weighted by atomic mass is 15.1. The number of aromatic nitrogens is 1. The van der Waals surface area contributed by atoms with Crippen molar-refractivity contribution in [2.24, 2.45) is 0 Å². The lowest BCUT2D eigenvalue weighted by atomic mass is 9.97. The SMILES string of the molecule is CCC[C@@H](Cc1cccc(-c2cccnc2)c1)N(C)CC. The van der Waals surface area contributed by atoms with Gasteiger partial charge in [-0.2, -0.15) is 0 Å². The van der Waals surface area contributed by atoms with E-state index in [-0.39, 0.29) is 0 Å². The quantitative estimate of drug-likeness (QED) is 0.747. The van der Waals surface area contributed by atoms with Crippen molar-refractivity contribution >= 4 is 0 Å². The normalized spacial score (nSPS) is 12.6. The summed E-state index contributed by atoms with van der Waals surface area (Å²) in [4.78, 5) is 6.67. The first-order chi connectivity index (χ1) is 10.2. The van der Waals surface area contributed by atoms with Gasteiger partial charge < -0.3 is 4.90 Å². The summed E-state index contributed by atoms with van der Waals surface area (Å²) < 4.78 is 0. The third kappa shape index (κ3) is 4.40. The number of likely N-dealkylation sites (N-methyl/N-ethyl adjacent to an activating group) is 1. The maximum atomic E-state index is 4.21. The Labute approximate surface area is 128 Å². The van der Waals surface area contributed by atoms with Crippen molar-refractivity contribution in [2.45, 2.75) is 39.2 Å². The Morgan fingerprint density at radius 1 is 1.10 bits per heavy atom. The van der Waals surface area contributed by atoms with E-state index in [9.17, 15) is 0 Å². The number of hydrogen-bond acceptors (Lipinski definition) is 2. The van der Waals surface area contributed by atoms with Gasteiger partial charge >= 0.3 is 0 Å². The van der Waals surface area contributed by atoms with Crippen LogP contribution in [0.1, 0.15) is 32.3 Å². The van der Waals surface area contributed by atoms with Crippen molar-refractivity contribution in [2.75, 3.05) is 13.6 Å². The molecule has 2 nitrogen and oxygen atoms in total. The molecule has 0 unspecified atom stereocenters. The van der Waals surface area contributed by atoms with Crippen molar-refractivity contribution in [1.82, 2.24) is 9.88 Å². The van der Waals surface area contributed by atoms with Crippen LogP contribution in [0.25, 0.3) is 11.1 Å². The fourth-order valence-corrected chi connectivity index (χ4v) is 2.75. The highest BCUT2D eigenvalue weighted by molar-refractivity contribution is 5.62. The molecule has 2 rings (SSSR count). The number of benzene rings is 1. The molecular formula is C19H26N2. The molecule has 112 valence electrons. The minimum absolute atomic E-state index is 0.629. The van der Waals surface area contributed by atoms with Crippen LogP contribution in [0.4, 0.5) is 0 Å². The van der Waals surface area contributed by atoms with E-state index in [1.165, 1.54) is 29.5 Å². The Balaban J connectivity index is 2.17. The van der Waals surface area contributed by atoms with Gasteiger partial charge in [-0.05, 0) is 49.2 Å². The molecule has 21 heavy (non-hydrogen) atoms. The van der Waals surface area contributed by atoms with Crippen LogP contribution in [0.15, 0.2) is 48.8 Å². The minimum atomic E-state index is 0.629. The van der Waals surface area contributed by atoms with E-state index in [1.54, 1.807) is 0 Å². The molecular weight excluding hydrogens is 256 g/mol. The molecule has 0 aliphatic rings. The average Bonchev–Trinajstić information content (AvgIpc) is 2.55. The first-order valence-electron chi connectivity index (χ1n) is 7.94. The summed E-state index contributed by atoms with van der Waals surface area (Å²) in [5.74, 6) is 0. The van der Waals surface area contributed by atoms with Gasteiger partial charge in [0.2, 0.25) is 0 Å². The molecule has 2 aromatic rings. The lowest BCUT2D eigenvalue weighted by Crippen LogP contribution is -2.33. The molecule has 1 heterocycles. The van der Waals surface area contributed by atoms with Gasteiger partial charge in [0.1, 0.15) is 0 Å². The van der Waals surface area contributed by atoms with Crippen molar-refractivity contribution in [3.05, 3.63) is 54.4 Å². The highest BCUT2D eigenvalue weighted by Crippen LogP contribution is 2.21. The summed E-state index contributed by atoms with van der Waals surface area (Å²) >= 11 is 0. The van der Waals surface area contributed by atoms with E-state index in [0.717, 1.165) is 13.0 Å². The van der Waals surface area contributed by atoms with Gasteiger partial charge in [0.05, 0.1) is 0 Å². The van der Waals surface area contributed by atoms with E-state index >= 15 is 0 Å². The van der Waals surface area contributed by atoms with Gasteiger partial charge in [-0.25, -0.2) is 0 Å². The number of pyridine rings is 1. The van der Waals surface area contributed by atoms with Crippen LogP contribution in [0, 0.1) is 0 Å². The lowest BCUT2D eigenvalue weighted by molar-refractivity contribution is 0.238. The Bertz CT molecular complexity index is 536. The van der Waals surface area contributed by atoms with E-state index in [0.29, 0.717) is 6.04 Å². The van der Waals surface area contributed by atoms with Crippen molar-refractivity contribution in [3.8, 4) is 11.1 Å². The molecule has 0 saturated carbocycles. The van der Waals surface area contributed by atoms with Gasteiger partial charge in [0.15, 0.2) is 0 Å². The van der Waals surface area contributed by atoms with Gasteiger partial charge in [0, 0.05) is 18.4 Å². The molecule has 0 spiro atoms. The first-order valence-corrected chi connectivity index (χ1v) is 7.94. The van der Waals surface area contributed by atoms with Crippen LogP contribution in [0.3, 0.4) is 0 Å². The standard InChI is InChI=1S/C19H26N2/c1-4-8-19(21(3)5-2)14-16-9-6-10-17(13-16)18-11-7-12-20-15-18/h6-7,9-13,15,19H,4-5,8,14H2,1-3H3/t19-/m0/s1. The van der Waals surface area contributed by atoms with Crippen molar-refractivity contribution in [3.63, 3.8) is 0 Å². The topological polar surface area (TPSA) is 16.1 Å². The zero-order chi connectivity index (χ0) is 15.1. The molecule has 0 bridgehead atoms. The summed E-state index contributed by atoms with van der Waals surface area (Å²) in [6.45, 7) is 5.60. The second-order valence-electron chi connectivity index (χ2n) is 5.66. The molecule has 0 saturated heterocycles. The largest absolute Gasteiger partial charge is 0.303 e. The van der Waals surface area contributed by atoms with E-state index in [1.807, 2.05) is 18.5 Å². The number of hydrogen-bond donors (Lipinski definition) is 0. The number of nitrogens with zero attached hydrogens (tertiary/aromatic N) is 2. The molecule has 1 aromatic heterocycles. The van der Waals surface area contributed by atoms with E-state index < -0.39 is 0 Å². The summed E-state index contributed by atoms with van der Waals surface area (Å²) in [6.07, 6.45) is 7.35. The lowest BCUT2D eigenvalue weighted by Gasteiger charge is -2.27. The smallest absolute Gasteiger partial charge is 0.0346 e. The van der Waals surface area contributed by atoms with Crippen molar-refractivity contribution < 1.29 is 0 Å². The maximum absolute atomic E-state index is 4.21. The Kier molecular flexibility index (Phi) is 5.94. The summed E-state index contributed by atoms with van der Waals surface area (Å²) in [5, 5.41) is 0. The third-order valence-electron chi connectivity index (χ3n) is 4.14. The molecule has 0 N–H and O–H groups in total. The monoisotopic (exact) mass is 282 g/mol. The molecule has 0 amide bonds. The molecule has 0 radical (unpaired) electrons. The van der Waals surface area contributed by atoms with Gasteiger partial charge in [-0.3, -0.25) is 4.98 Å². The molecule has 1 atom stereocenters. The summed E-state index contributed by atoms with van der Waals surface area (Å²) in [7, 11) is 2.23. The molecule has 0 aliphatic heterocycles. The highest BCUT2D eigenvalue weighted by Gasteiger charge is 2.13. The molecule has 0 aliphatic carbocycles. The minimum Gasteiger partial charge on any atom is -0.303 e.